The highest BCUT2D eigenvalue weighted by molar-refractivity contribution is 7.96. The first-order valence-corrected chi connectivity index (χ1v) is 2.72. The van der Waals surface area contributed by atoms with Crippen LogP contribution in [0.2, 0.25) is 0 Å². The second-order valence-corrected chi connectivity index (χ2v) is 1.65. The van der Waals surface area contributed by atoms with Crippen molar-refractivity contribution in [1.29, 1.82) is 0 Å². The average Bonchev–Trinajstić information content (AvgIpc) is 1.61. The normalized spacial score (nSPS) is 8.14. The number of halogens is 1. The lowest BCUT2D eigenvalue weighted by atomic mass is 10.8. The molecule has 0 aliphatic rings. The first-order valence-electron chi connectivity index (χ1n) is 1.78. The molecule has 0 aromatic carbocycles. The summed E-state index contributed by atoms with van der Waals surface area (Å²) in [6.07, 6.45) is 0. The van der Waals surface area contributed by atoms with Crippen molar-refractivity contribution in [3.05, 3.63) is 0 Å². The molecule has 2 nitrogen and oxygen atoms in total. The van der Waals surface area contributed by atoms with Gasteiger partial charge in [-0.15, -0.1) is 11.6 Å². The number of hydrogen-bond acceptors (Lipinski definition) is 1. The van der Waals surface area contributed by atoms with Gasteiger partial charge in [0.15, 0.2) is 0 Å². The zero-order valence-electron chi connectivity index (χ0n) is 3.61. The molecule has 4 heteroatoms. The minimum Gasteiger partial charge on any atom is -0.342 e. The highest BCUT2D eigenvalue weighted by Crippen LogP contribution is 1.75. The minimum atomic E-state index is -0.444. The number of carbonyl (C=O) groups excluding carboxylic acids is 1. The molecule has 0 aliphatic carbocycles. The quantitative estimate of drug-likeness (QED) is 0.570. The maximum absolute atomic E-state index is 9.85. The van der Waals surface area contributed by atoms with Crippen LogP contribution in [0.5, 0.6) is 0 Å². The van der Waals surface area contributed by atoms with Crippen LogP contribution in [0.1, 0.15) is 0 Å². The van der Waals surface area contributed by atoms with Crippen molar-refractivity contribution in [1.82, 2.24) is 5.32 Å². The van der Waals surface area contributed by atoms with Crippen molar-refractivity contribution in [3.8, 4) is 0 Å². The van der Waals surface area contributed by atoms with Crippen LogP contribution in [0.15, 0.2) is 0 Å². The molecular weight excluding hydrogens is 134 g/mol. The average molecular weight is 139 g/mol. The second kappa shape index (κ2) is 4.15. The first kappa shape index (κ1) is 6.98. The maximum atomic E-state index is 9.85. The van der Waals surface area contributed by atoms with Crippen molar-refractivity contribution in [3.63, 3.8) is 0 Å². The van der Waals surface area contributed by atoms with Gasteiger partial charge in [0.1, 0.15) is 0 Å². The van der Waals surface area contributed by atoms with E-state index in [0.717, 1.165) is 0 Å². The molecule has 0 heterocycles. The monoisotopic (exact) mass is 138 g/mol. The second-order valence-electron chi connectivity index (χ2n) is 0.903. The predicted octanol–water partition coefficient (Wildman–Crippen LogP) is 1.13. The van der Waals surface area contributed by atoms with Crippen LogP contribution < -0.4 is 5.32 Å². The predicted molar refractivity (Wildman–Crippen MR) is 31.7 cm³/mol. The molecule has 7 heavy (non-hydrogen) atoms. The molecule has 1 radical (unpaired) electrons. The Kier molecular flexibility index (Phi) is 4.14. The molecule has 1 N–H and O–H groups in total. The van der Waals surface area contributed by atoms with Crippen molar-refractivity contribution in [2.75, 3.05) is 12.4 Å². The summed E-state index contributed by atoms with van der Waals surface area (Å²) < 4.78 is 0. The topological polar surface area (TPSA) is 29.1 Å². The van der Waals surface area contributed by atoms with Gasteiger partial charge in [0.25, 0.3) is 0 Å². The van der Waals surface area contributed by atoms with Crippen molar-refractivity contribution in [2.45, 2.75) is 0 Å². The molecule has 0 aromatic heterocycles. The van der Waals surface area contributed by atoms with Crippen LogP contribution in [-0.4, -0.2) is 17.7 Å². The van der Waals surface area contributed by atoms with Crippen LogP contribution in [-0.2, 0) is 0 Å². The molecule has 0 rings (SSSR count). The fourth-order valence-corrected chi connectivity index (χ4v) is 0.346. The third-order valence-electron chi connectivity index (χ3n) is 0.364. The van der Waals surface area contributed by atoms with Crippen molar-refractivity contribution in [2.24, 2.45) is 0 Å². The van der Waals surface area contributed by atoms with Crippen molar-refractivity contribution >= 4 is 29.5 Å². The highest BCUT2D eigenvalue weighted by Gasteiger charge is 1.87. The number of hydrogen-bond donors (Lipinski definition) is 1. The summed E-state index contributed by atoms with van der Waals surface area (Å²) in [7, 11) is 0. The Bertz CT molecular complexity index is 68.0. The van der Waals surface area contributed by atoms with E-state index < -0.39 is 5.24 Å². The lowest BCUT2D eigenvalue weighted by Crippen LogP contribution is -2.18. The van der Waals surface area contributed by atoms with Crippen molar-refractivity contribution < 1.29 is 4.79 Å². The SMILES string of the molecule is O=C([S])NCCCl. The zero-order valence-corrected chi connectivity index (χ0v) is 5.18. The molecule has 0 aliphatic heterocycles. The molecule has 0 spiro atoms. The Morgan fingerprint density at radius 2 is 2.43 bits per heavy atom. The van der Waals surface area contributed by atoms with E-state index in [1.54, 1.807) is 0 Å². The van der Waals surface area contributed by atoms with Gasteiger partial charge in [0, 0.05) is 12.4 Å². The molecule has 0 saturated heterocycles. The summed E-state index contributed by atoms with van der Waals surface area (Å²) in [6, 6.07) is 0. The number of nitrogens with one attached hydrogen (secondary N) is 1. The van der Waals surface area contributed by atoms with Gasteiger partial charge < -0.3 is 5.32 Å². The van der Waals surface area contributed by atoms with Gasteiger partial charge in [-0.1, -0.05) is 0 Å². The molecule has 0 unspecified atom stereocenters. The number of alkyl halides is 1. The Balaban J connectivity index is 2.82. The van der Waals surface area contributed by atoms with Gasteiger partial charge in [0.05, 0.1) is 0 Å². The molecule has 0 fully saturated rings. The van der Waals surface area contributed by atoms with Crippen LogP contribution in [0.3, 0.4) is 0 Å². The largest absolute Gasteiger partial charge is 0.342 e. The summed E-state index contributed by atoms with van der Waals surface area (Å²) >= 11 is 9.32. The van der Waals surface area contributed by atoms with Gasteiger partial charge >= 0.3 is 5.24 Å². The molecule has 0 aromatic rings. The summed E-state index contributed by atoms with van der Waals surface area (Å²) in [5, 5.41) is 1.90. The van der Waals surface area contributed by atoms with Crippen LogP contribution in [0, 0.1) is 0 Å². The van der Waals surface area contributed by atoms with E-state index in [-0.39, 0.29) is 0 Å². The number of carbonyl (C=O) groups is 1. The summed E-state index contributed by atoms with van der Waals surface area (Å²) in [4.78, 5) is 9.85. The van der Waals surface area contributed by atoms with Crippen LogP contribution in [0.25, 0.3) is 0 Å². The molecular formula is C3H5ClNOS. The minimum absolute atomic E-state index is 0.419. The zero-order chi connectivity index (χ0) is 5.70. The fourth-order valence-electron chi connectivity index (χ4n) is 0.149. The third-order valence-corrected chi connectivity index (χ3v) is 0.697. The van der Waals surface area contributed by atoms with E-state index in [1.807, 2.05) is 0 Å². The Morgan fingerprint density at radius 3 is 2.57 bits per heavy atom. The molecule has 0 saturated carbocycles. The van der Waals surface area contributed by atoms with E-state index in [9.17, 15) is 4.79 Å². The lowest BCUT2D eigenvalue weighted by Gasteiger charge is -1.90. The summed E-state index contributed by atoms with van der Waals surface area (Å²) in [6.45, 7) is 0.462. The van der Waals surface area contributed by atoms with Crippen LogP contribution >= 0.6 is 24.2 Å². The van der Waals surface area contributed by atoms with E-state index in [1.165, 1.54) is 0 Å². The van der Waals surface area contributed by atoms with E-state index in [2.05, 4.69) is 17.9 Å². The Hall–Kier alpha value is -0.0200. The van der Waals surface area contributed by atoms with E-state index in [4.69, 9.17) is 11.6 Å². The Morgan fingerprint density at radius 1 is 1.86 bits per heavy atom. The molecule has 41 valence electrons. The van der Waals surface area contributed by atoms with Crippen LogP contribution in [0.4, 0.5) is 4.79 Å². The third kappa shape index (κ3) is 5.98. The Labute approximate surface area is 52.6 Å². The van der Waals surface area contributed by atoms with Gasteiger partial charge in [0.2, 0.25) is 0 Å². The summed E-state index contributed by atoms with van der Waals surface area (Å²) in [5.74, 6) is 0.419. The highest BCUT2D eigenvalue weighted by atomic mass is 35.5. The van der Waals surface area contributed by atoms with Gasteiger partial charge in [-0.05, 0) is 12.6 Å². The van der Waals surface area contributed by atoms with Gasteiger partial charge in [-0.3, -0.25) is 4.79 Å². The summed E-state index contributed by atoms with van der Waals surface area (Å²) in [5.41, 5.74) is 0. The first-order chi connectivity index (χ1) is 3.27. The number of rotatable bonds is 2. The number of amides is 1. The lowest BCUT2D eigenvalue weighted by molar-refractivity contribution is 0.261. The molecule has 0 atom stereocenters. The van der Waals surface area contributed by atoms with Gasteiger partial charge in [-0.2, -0.15) is 0 Å². The standard InChI is InChI=1S/C3H5ClNOS/c4-1-2-5-3(6)7/h1-2H2,(H,5,6). The fraction of sp³-hybridized carbons (Fsp3) is 0.667. The van der Waals surface area contributed by atoms with E-state index in [0.29, 0.717) is 12.4 Å². The van der Waals surface area contributed by atoms with Gasteiger partial charge in [-0.25, -0.2) is 0 Å². The smallest absolute Gasteiger partial charge is 0.310 e. The molecule has 0 bridgehead atoms. The van der Waals surface area contributed by atoms with E-state index >= 15 is 0 Å². The molecule has 1 amide bonds. The maximum Gasteiger partial charge on any atom is 0.310 e.